The van der Waals surface area contributed by atoms with Gasteiger partial charge in [0.2, 0.25) is 0 Å². The van der Waals surface area contributed by atoms with Crippen molar-refractivity contribution in [1.82, 2.24) is 0 Å². The maximum atomic E-state index is 5.94. The van der Waals surface area contributed by atoms with Gasteiger partial charge in [-0.05, 0) is 18.2 Å². The molecule has 0 atom stereocenters. The highest BCUT2D eigenvalue weighted by Crippen LogP contribution is 2.33. The Morgan fingerprint density at radius 1 is 0.909 bits per heavy atom. The van der Waals surface area contributed by atoms with Gasteiger partial charge in [0.05, 0.1) is 20.1 Å². The van der Waals surface area contributed by atoms with Crippen molar-refractivity contribution in [3.63, 3.8) is 0 Å². The fourth-order valence-electron chi connectivity index (χ4n) is 1.72. The second-order valence-electron chi connectivity index (χ2n) is 4.04. The maximum absolute atomic E-state index is 5.94. The van der Waals surface area contributed by atoms with E-state index in [-0.39, 0.29) is 0 Å². The van der Waals surface area contributed by atoms with Gasteiger partial charge in [0, 0.05) is 28.2 Å². The van der Waals surface area contributed by atoms with Crippen LogP contribution in [0.2, 0.25) is 0 Å². The van der Waals surface area contributed by atoms with Gasteiger partial charge in [-0.3, -0.25) is 0 Å². The molecule has 0 saturated carbocycles. The summed E-state index contributed by atoms with van der Waals surface area (Å²) in [5.41, 5.74) is 0.905. The lowest BCUT2D eigenvalue weighted by molar-refractivity contribution is 0.386. The molecule has 22 heavy (non-hydrogen) atoms. The zero-order valence-electron chi connectivity index (χ0n) is 13.2. The third-order valence-corrected chi connectivity index (χ3v) is 3.50. The Morgan fingerprint density at radius 2 is 1.45 bits per heavy atom. The van der Waals surface area contributed by atoms with Gasteiger partial charge in [-0.25, -0.2) is 0 Å². The predicted octanol–water partition coefficient (Wildman–Crippen LogP) is 6.02. The van der Waals surface area contributed by atoms with E-state index >= 15 is 0 Å². The second-order valence-corrected chi connectivity index (χ2v) is 5.22. The van der Waals surface area contributed by atoms with E-state index in [0.717, 1.165) is 10.0 Å². The van der Waals surface area contributed by atoms with E-state index in [1.165, 1.54) is 0 Å². The Bertz CT molecular complexity index is 580. The Morgan fingerprint density at radius 3 is 1.95 bits per heavy atom. The number of alkyl halides is 1. The molecule has 3 nitrogen and oxygen atoms in total. The van der Waals surface area contributed by atoms with Crippen LogP contribution in [0, 0.1) is 0 Å². The lowest BCUT2D eigenvalue weighted by Crippen LogP contribution is -1.92. The summed E-state index contributed by atoms with van der Waals surface area (Å²) in [4.78, 5) is 0. The van der Waals surface area contributed by atoms with Crippen molar-refractivity contribution >= 4 is 27.5 Å². The summed E-state index contributed by atoms with van der Waals surface area (Å²) < 4.78 is 17.3. The van der Waals surface area contributed by atoms with Crippen molar-refractivity contribution in [2.45, 2.75) is 19.7 Å². The van der Waals surface area contributed by atoms with E-state index in [1.807, 2.05) is 32.0 Å². The molecule has 0 aliphatic carbocycles. The molecule has 0 unspecified atom stereocenters. The highest BCUT2D eigenvalue weighted by atomic mass is 79.9. The van der Waals surface area contributed by atoms with Crippen LogP contribution in [-0.4, -0.2) is 14.2 Å². The molecule has 120 valence electrons. The molecule has 0 amide bonds. The lowest BCUT2D eigenvalue weighted by Gasteiger charge is -2.12. The minimum absolute atomic E-state index is 0.371. The highest BCUT2D eigenvalue weighted by molar-refractivity contribution is 9.10. The van der Waals surface area contributed by atoms with E-state index in [1.54, 1.807) is 32.4 Å². The third-order valence-electron chi connectivity index (χ3n) is 2.72. The molecule has 0 spiro atoms. The molecule has 0 heterocycles. The van der Waals surface area contributed by atoms with Gasteiger partial charge in [-0.1, -0.05) is 29.8 Å². The molecule has 0 radical (unpaired) electrons. The van der Waals surface area contributed by atoms with Crippen LogP contribution >= 0.6 is 27.5 Å². The highest BCUT2D eigenvalue weighted by Gasteiger charge is 2.08. The molecule has 0 saturated heterocycles. The standard InChI is InChI=1S/C15H14BrClO3.C2H6/c1-18-12-6-13(19-2)8-14(7-12)20-15-4-3-11(16)5-10(15)9-17;1-2/h3-8H,9H2,1-2H3;1-2H3. The fourth-order valence-corrected chi connectivity index (χ4v) is 2.34. The molecule has 0 bridgehead atoms. The van der Waals surface area contributed by atoms with Crippen LogP contribution in [0.25, 0.3) is 0 Å². The molecule has 0 aliphatic heterocycles. The van der Waals surface area contributed by atoms with Crippen LogP contribution < -0.4 is 14.2 Å². The van der Waals surface area contributed by atoms with Crippen molar-refractivity contribution < 1.29 is 14.2 Å². The number of benzene rings is 2. The lowest BCUT2D eigenvalue weighted by atomic mass is 10.2. The number of halogens is 2. The van der Waals surface area contributed by atoms with Crippen LogP contribution in [-0.2, 0) is 5.88 Å². The van der Waals surface area contributed by atoms with Crippen molar-refractivity contribution in [3.8, 4) is 23.0 Å². The minimum Gasteiger partial charge on any atom is -0.496 e. The molecule has 2 rings (SSSR count). The number of methoxy groups -OCH3 is 2. The summed E-state index contributed by atoms with van der Waals surface area (Å²) in [6, 6.07) is 11.1. The van der Waals surface area contributed by atoms with Gasteiger partial charge in [-0.2, -0.15) is 0 Å². The summed E-state index contributed by atoms with van der Waals surface area (Å²) in [6.07, 6.45) is 0. The fraction of sp³-hybridized carbons (Fsp3) is 0.294. The monoisotopic (exact) mass is 386 g/mol. The summed E-state index contributed by atoms with van der Waals surface area (Å²) >= 11 is 9.35. The van der Waals surface area contributed by atoms with E-state index in [2.05, 4.69) is 15.9 Å². The van der Waals surface area contributed by atoms with Gasteiger partial charge < -0.3 is 14.2 Å². The quantitative estimate of drug-likeness (QED) is 0.587. The van der Waals surface area contributed by atoms with E-state index in [4.69, 9.17) is 25.8 Å². The summed E-state index contributed by atoms with van der Waals surface area (Å²) in [7, 11) is 3.20. The topological polar surface area (TPSA) is 27.7 Å². The van der Waals surface area contributed by atoms with Crippen LogP contribution in [0.3, 0.4) is 0 Å². The molecule has 0 aromatic heterocycles. The SMILES string of the molecule is CC.COc1cc(OC)cc(Oc2ccc(Br)cc2CCl)c1. The summed E-state index contributed by atoms with van der Waals surface area (Å²) in [5.74, 6) is 3.05. The van der Waals surface area contributed by atoms with E-state index < -0.39 is 0 Å². The molecule has 0 N–H and O–H groups in total. The maximum Gasteiger partial charge on any atom is 0.134 e. The van der Waals surface area contributed by atoms with Crippen LogP contribution in [0.15, 0.2) is 40.9 Å². The average molecular weight is 388 g/mol. The summed E-state index contributed by atoms with van der Waals surface area (Å²) in [6.45, 7) is 4.00. The van der Waals surface area contributed by atoms with Crippen LogP contribution in [0.4, 0.5) is 0 Å². The number of rotatable bonds is 5. The molecule has 0 fully saturated rings. The van der Waals surface area contributed by atoms with E-state index in [0.29, 0.717) is 28.9 Å². The Kier molecular flexibility index (Phi) is 8.13. The Balaban J connectivity index is 0.00000116. The van der Waals surface area contributed by atoms with Gasteiger partial charge in [0.25, 0.3) is 0 Å². The predicted molar refractivity (Wildman–Crippen MR) is 94.7 cm³/mol. The molecule has 2 aromatic rings. The smallest absolute Gasteiger partial charge is 0.134 e. The van der Waals surface area contributed by atoms with Gasteiger partial charge in [0.15, 0.2) is 0 Å². The number of hydrogen-bond acceptors (Lipinski definition) is 3. The zero-order chi connectivity index (χ0) is 16.5. The van der Waals surface area contributed by atoms with Crippen LogP contribution in [0.1, 0.15) is 19.4 Å². The van der Waals surface area contributed by atoms with Gasteiger partial charge in [-0.15, -0.1) is 11.6 Å². The Labute approximate surface area is 145 Å². The largest absolute Gasteiger partial charge is 0.496 e. The minimum atomic E-state index is 0.371. The van der Waals surface area contributed by atoms with Crippen molar-refractivity contribution in [2.24, 2.45) is 0 Å². The van der Waals surface area contributed by atoms with Crippen LogP contribution in [0.5, 0.6) is 23.0 Å². The Hall–Kier alpha value is -1.39. The average Bonchev–Trinajstić information content (AvgIpc) is 2.57. The van der Waals surface area contributed by atoms with E-state index in [9.17, 15) is 0 Å². The zero-order valence-corrected chi connectivity index (χ0v) is 15.5. The normalized spacial score (nSPS) is 9.55. The van der Waals surface area contributed by atoms with Gasteiger partial charge in [0.1, 0.15) is 23.0 Å². The van der Waals surface area contributed by atoms with Crippen molar-refractivity contribution in [2.75, 3.05) is 14.2 Å². The number of ether oxygens (including phenoxy) is 3. The first-order valence-corrected chi connectivity index (χ1v) is 8.24. The van der Waals surface area contributed by atoms with Crippen molar-refractivity contribution in [3.05, 3.63) is 46.4 Å². The summed E-state index contributed by atoms with van der Waals surface area (Å²) in [5, 5.41) is 0. The first kappa shape index (κ1) is 18.7. The third kappa shape index (κ3) is 5.11. The first-order valence-electron chi connectivity index (χ1n) is 6.91. The molecule has 2 aromatic carbocycles. The molecule has 5 heteroatoms. The molecular formula is C17H20BrClO3. The van der Waals surface area contributed by atoms with Crippen molar-refractivity contribution in [1.29, 1.82) is 0 Å². The van der Waals surface area contributed by atoms with Gasteiger partial charge >= 0.3 is 0 Å². The molecular weight excluding hydrogens is 368 g/mol. The second kappa shape index (κ2) is 9.59. The molecule has 0 aliphatic rings. The number of hydrogen-bond donors (Lipinski definition) is 0. The first-order chi connectivity index (χ1) is 10.7.